The molecule has 20 atom stereocenters. The van der Waals surface area contributed by atoms with Gasteiger partial charge in [0.25, 0.3) is 0 Å². The van der Waals surface area contributed by atoms with Crippen molar-refractivity contribution in [3.8, 4) is 0 Å². The van der Waals surface area contributed by atoms with Gasteiger partial charge in [-0.2, -0.15) is 0 Å². The van der Waals surface area contributed by atoms with Gasteiger partial charge in [0.1, 0.15) is 12.2 Å². The minimum absolute atomic E-state index is 0.119. The summed E-state index contributed by atoms with van der Waals surface area (Å²) in [7, 11) is 0. The average Bonchev–Trinajstić information content (AvgIpc) is 3.29. The fraction of sp³-hybridized carbons (Fsp3) is 0.680. The highest BCUT2D eigenvalue weighted by molar-refractivity contribution is 5.80. The van der Waals surface area contributed by atoms with Crippen LogP contribution >= 0.6 is 0 Å². The second-order valence-electron chi connectivity index (χ2n) is 18.8. The summed E-state index contributed by atoms with van der Waals surface area (Å²) >= 11 is 0. The fourth-order valence-corrected chi connectivity index (χ4v) is 8.39. The molecule has 0 saturated carbocycles. The molecular formula is C50H80N2O18. The third kappa shape index (κ3) is 20.5. The lowest BCUT2D eigenvalue weighted by atomic mass is 9.82. The lowest BCUT2D eigenvalue weighted by Crippen LogP contribution is -2.62. The molecular weight excluding hydrogens is 917 g/mol. The first-order valence-electron chi connectivity index (χ1n) is 24.1. The van der Waals surface area contributed by atoms with E-state index in [9.17, 15) is 70.9 Å². The molecule has 0 aromatic carbocycles. The van der Waals surface area contributed by atoms with E-state index in [1.54, 1.807) is 86.8 Å². The van der Waals surface area contributed by atoms with Crippen LogP contribution in [0.5, 0.6) is 0 Å². The molecule has 2 bridgehead atoms. The van der Waals surface area contributed by atoms with Crippen molar-refractivity contribution in [2.45, 2.75) is 183 Å². The number of hydrogen-bond acceptors (Lipinski definition) is 19. The number of rotatable bonds is 6. The Balaban J connectivity index is 1.93. The molecule has 0 spiro atoms. The van der Waals surface area contributed by atoms with Crippen LogP contribution in [0.2, 0.25) is 0 Å². The van der Waals surface area contributed by atoms with Gasteiger partial charge in [-0.3, -0.25) is 9.59 Å². The van der Waals surface area contributed by atoms with Crippen molar-refractivity contribution in [2.24, 2.45) is 23.5 Å². The van der Waals surface area contributed by atoms with Crippen LogP contribution in [-0.2, 0) is 28.5 Å². The van der Waals surface area contributed by atoms with Crippen molar-refractivity contribution < 1.29 is 89.8 Å². The second-order valence-corrected chi connectivity index (χ2v) is 18.8. The number of hydrogen-bond donors (Lipinski definition) is 14. The predicted molar refractivity (Wildman–Crippen MR) is 255 cm³/mol. The van der Waals surface area contributed by atoms with Crippen LogP contribution in [0.15, 0.2) is 85.1 Å². The van der Waals surface area contributed by atoms with Crippen molar-refractivity contribution in [3.05, 3.63) is 85.1 Å². The van der Waals surface area contributed by atoms with Crippen molar-refractivity contribution in [1.82, 2.24) is 5.32 Å². The number of allylic oxidation sites excluding steroid dienone is 12. The lowest BCUT2D eigenvalue weighted by Gasteiger charge is -2.46. The predicted octanol–water partition coefficient (Wildman–Crippen LogP) is -0.903. The Labute approximate surface area is 410 Å². The van der Waals surface area contributed by atoms with E-state index >= 15 is 0 Å². The zero-order valence-electron chi connectivity index (χ0n) is 40.5. The van der Waals surface area contributed by atoms with Gasteiger partial charge in [0, 0.05) is 44.1 Å². The van der Waals surface area contributed by atoms with Gasteiger partial charge >= 0.3 is 5.97 Å². The van der Waals surface area contributed by atoms with E-state index in [-0.39, 0.29) is 31.6 Å². The first kappa shape index (κ1) is 60.8. The Kier molecular flexibility index (Phi) is 26.5. The molecule has 0 aromatic rings. The summed E-state index contributed by atoms with van der Waals surface area (Å²) in [6.45, 7) is 5.66. The molecule has 3 heterocycles. The highest BCUT2D eigenvalue weighted by Gasteiger charge is 2.51. The van der Waals surface area contributed by atoms with E-state index in [1.807, 2.05) is 13.0 Å². The smallest absolute Gasteiger partial charge is 0.308 e. The number of aliphatic hydroxyl groups is 12. The normalized spacial score (nSPS) is 43.5. The summed E-state index contributed by atoms with van der Waals surface area (Å²) in [4.78, 5) is 26.3. The Morgan fingerprint density at radius 3 is 1.91 bits per heavy atom. The molecule has 20 heteroatoms. The van der Waals surface area contributed by atoms with Gasteiger partial charge < -0.3 is 91.3 Å². The Hall–Kier alpha value is -3.52. The van der Waals surface area contributed by atoms with Gasteiger partial charge in [-0.1, -0.05) is 98.9 Å². The molecule has 20 nitrogen and oxygen atoms in total. The van der Waals surface area contributed by atoms with Gasteiger partial charge in [0.2, 0.25) is 5.91 Å². The SMILES string of the molecule is C[C@@H]1[C@H](O)[C@@H](C)/C=C/C=C/C=C/C=C/C=C/C=C/C=C/[C@H](O[C@@H]2O[C@H](C)[C@@H](O)[C@H](N)[C@@H]2O)C[C@@H]2O[C@](O)(C[C@@H](O)C[C@@H](O)[C@H](O)CC[C@@H](O)C[C@@H](O)CC(=O)O[C@H]1C)C[C@H](O)[C@H]2C(=O)NC[C@H](O)CO. The van der Waals surface area contributed by atoms with Crippen LogP contribution in [0, 0.1) is 17.8 Å². The molecule has 0 unspecified atom stereocenters. The number of ether oxygens (including phenoxy) is 4. The standard InChI is InChI=1S/C50H80N2O18/c1-29-17-15-13-11-9-7-5-6-8-10-12-14-16-18-37(69-49-47(64)44(51)46(63)32(4)68-49)24-41-43(48(65)52-27-36(57)28-53)40(60)26-50(66,70-41)25-35(56)22-39(59)38(58)20-19-33(54)21-34(55)23-42(61)67-31(3)30(2)45(29)62/h5-18,29-41,43-47,49,53-60,62-64,66H,19-28,51H2,1-4H3,(H,52,65)/b6-5+,9-7+,10-8+,13-11+,14-12+,17-15+,18-16+/t29-,30-,31-,32+,33+,34+,35-,36-,37-,38+,39+,40-,41-,43+,44-,45+,46+,47-,49-,50+/m0/s1. The minimum Gasteiger partial charge on any atom is -0.462 e. The molecule has 70 heavy (non-hydrogen) atoms. The van der Waals surface area contributed by atoms with Crippen LogP contribution in [0.3, 0.4) is 0 Å². The maximum atomic E-state index is 13.6. The first-order chi connectivity index (χ1) is 33.0. The molecule has 3 aliphatic rings. The summed E-state index contributed by atoms with van der Waals surface area (Å²) in [5, 5.41) is 131. The van der Waals surface area contributed by atoms with E-state index in [0.29, 0.717) is 0 Å². The number of aliphatic hydroxyl groups excluding tert-OH is 11. The molecule has 3 rings (SSSR count). The zero-order valence-corrected chi connectivity index (χ0v) is 40.5. The summed E-state index contributed by atoms with van der Waals surface area (Å²) in [5.41, 5.74) is 6.07. The van der Waals surface area contributed by atoms with Gasteiger partial charge in [-0.25, -0.2) is 0 Å². The van der Waals surface area contributed by atoms with E-state index in [4.69, 9.17) is 24.7 Å². The molecule has 15 N–H and O–H groups in total. The van der Waals surface area contributed by atoms with Crippen molar-refractivity contribution in [2.75, 3.05) is 13.2 Å². The number of nitrogens with one attached hydrogen (secondary N) is 1. The number of esters is 1. The summed E-state index contributed by atoms with van der Waals surface area (Å²) in [5.74, 6) is -6.09. The van der Waals surface area contributed by atoms with E-state index in [1.165, 1.54) is 13.0 Å². The third-order valence-electron chi connectivity index (χ3n) is 12.8. The number of amides is 1. The molecule has 2 fully saturated rings. The van der Waals surface area contributed by atoms with Crippen LogP contribution in [0.4, 0.5) is 0 Å². The van der Waals surface area contributed by atoms with Gasteiger partial charge in [0.05, 0.1) is 98.2 Å². The highest BCUT2D eigenvalue weighted by Crippen LogP contribution is 2.38. The Morgan fingerprint density at radius 1 is 0.729 bits per heavy atom. The van der Waals surface area contributed by atoms with E-state index in [2.05, 4.69) is 5.32 Å². The van der Waals surface area contributed by atoms with Gasteiger partial charge in [-0.15, -0.1) is 0 Å². The van der Waals surface area contributed by atoms with E-state index in [0.717, 1.165) is 0 Å². The molecule has 3 aliphatic heterocycles. The van der Waals surface area contributed by atoms with Crippen molar-refractivity contribution >= 4 is 11.9 Å². The maximum absolute atomic E-state index is 13.6. The molecule has 0 aromatic heterocycles. The fourth-order valence-electron chi connectivity index (χ4n) is 8.39. The molecule has 2 saturated heterocycles. The van der Waals surface area contributed by atoms with Crippen LogP contribution in [-0.4, -0.2) is 190 Å². The quantitative estimate of drug-likeness (QED) is 0.143. The monoisotopic (exact) mass is 997 g/mol. The Morgan fingerprint density at radius 2 is 1.31 bits per heavy atom. The zero-order chi connectivity index (χ0) is 52.1. The summed E-state index contributed by atoms with van der Waals surface area (Å²) in [6.07, 6.45) is 2.01. The number of carbonyl (C=O) groups is 2. The van der Waals surface area contributed by atoms with Crippen LogP contribution < -0.4 is 11.1 Å². The number of carbonyl (C=O) groups excluding carboxylic acids is 2. The topological polar surface area (TPSA) is 352 Å². The number of fused-ring (bicyclic) bond motifs is 2. The number of cyclic esters (lactones) is 1. The molecule has 0 radical (unpaired) electrons. The van der Waals surface area contributed by atoms with E-state index < -0.39 is 166 Å². The summed E-state index contributed by atoms with van der Waals surface area (Å²) < 4.78 is 23.5. The van der Waals surface area contributed by atoms with Crippen molar-refractivity contribution in [3.63, 3.8) is 0 Å². The highest BCUT2D eigenvalue weighted by atomic mass is 16.7. The molecule has 398 valence electrons. The van der Waals surface area contributed by atoms with Crippen molar-refractivity contribution in [1.29, 1.82) is 0 Å². The average molecular weight is 997 g/mol. The largest absolute Gasteiger partial charge is 0.462 e. The molecule has 1 amide bonds. The second kappa shape index (κ2) is 30.5. The first-order valence-corrected chi connectivity index (χ1v) is 24.1. The van der Waals surface area contributed by atoms with Crippen LogP contribution in [0.1, 0.15) is 79.1 Å². The maximum Gasteiger partial charge on any atom is 0.308 e. The minimum atomic E-state index is -2.34. The summed E-state index contributed by atoms with van der Waals surface area (Å²) in [6, 6.07) is -1.17. The lowest BCUT2D eigenvalue weighted by molar-refractivity contribution is -0.307. The van der Waals surface area contributed by atoms with Gasteiger partial charge in [0.15, 0.2) is 12.1 Å². The number of nitrogens with two attached hydrogens (primary N) is 1. The molecule has 0 aliphatic carbocycles. The third-order valence-corrected chi connectivity index (χ3v) is 12.8. The Bertz CT molecular complexity index is 1780. The van der Waals surface area contributed by atoms with Crippen LogP contribution in [0.25, 0.3) is 0 Å². The van der Waals surface area contributed by atoms with Gasteiger partial charge in [-0.05, 0) is 33.1 Å².